The predicted octanol–water partition coefficient (Wildman–Crippen LogP) is 5.20. The fraction of sp³-hybridized carbons (Fsp3) is 0.541. The van der Waals surface area contributed by atoms with E-state index >= 15 is 0 Å². The zero-order chi connectivity index (χ0) is 36.6. The summed E-state index contributed by atoms with van der Waals surface area (Å²) in [5.74, 6) is -2.54. The van der Waals surface area contributed by atoms with Gasteiger partial charge in [0.05, 0.1) is 0 Å². The summed E-state index contributed by atoms with van der Waals surface area (Å²) in [6.45, 7) is 19.4. The fourth-order valence-corrected chi connectivity index (χ4v) is 5.14. The van der Waals surface area contributed by atoms with Crippen LogP contribution in [0.15, 0.2) is 48.5 Å². The first-order valence-corrected chi connectivity index (χ1v) is 16.2. The van der Waals surface area contributed by atoms with Crippen LogP contribution in [0.2, 0.25) is 0 Å². The smallest absolute Gasteiger partial charge is 0.408 e. The Morgan fingerprint density at radius 1 is 0.771 bits per heavy atom. The van der Waals surface area contributed by atoms with Crippen LogP contribution in [0.3, 0.4) is 0 Å². The van der Waals surface area contributed by atoms with E-state index in [-0.39, 0.29) is 19.3 Å². The van der Waals surface area contributed by atoms with Crippen molar-refractivity contribution in [3.05, 3.63) is 70.8 Å². The fourth-order valence-electron chi connectivity index (χ4n) is 5.14. The lowest BCUT2D eigenvalue weighted by molar-refractivity contribution is -0.159. The molecule has 264 valence electrons. The lowest BCUT2D eigenvalue weighted by Crippen LogP contribution is -2.60. The number of carbonyl (C=O) groups is 5. The molecule has 0 bridgehead atoms. The highest BCUT2D eigenvalue weighted by Crippen LogP contribution is 2.33. The highest BCUT2D eigenvalue weighted by Gasteiger charge is 2.43. The number of nitrogens with two attached hydrogens (primary N) is 1. The van der Waals surface area contributed by atoms with Crippen molar-refractivity contribution in [1.82, 2.24) is 15.5 Å². The summed E-state index contributed by atoms with van der Waals surface area (Å²) in [7, 11) is 0. The molecule has 0 saturated carbocycles. The molecule has 4 amide bonds. The minimum Gasteiger partial charge on any atom is -0.458 e. The largest absolute Gasteiger partial charge is 0.458 e. The maximum absolute atomic E-state index is 14.7. The number of aryl methyl sites for hydroxylation is 1. The summed E-state index contributed by atoms with van der Waals surface area (Å²) in [5.41, 5.74) is 5.75. The molecule has 0 fully saturated rings. The van der Waals surface area contributed by atoms with E-state index < -0.39 is 64.7 Å². The summed E-state index contributed by atoms with van der Waals surface area (Å²) in [4.78, 5) is 69.0. The van der Waals surface area contributed by atoms with Crippen molar-refractivity contribution in [1.29, 1.82) is 0 Å². The molecule has 11 nitrogen and oxygen atoms in total. The summed E-state index contributed by atoms with van der Waals surface area (Å²) >= 11 is 0. The monoisotopic (exact) mass is 666 g/mol. The Kier molecular flexibility index (Phi) is 13.4. The van der Waals surface area contributed by atoms with Crippen molar-refractivity contribution in [3.63, 3.8) is 0 Å². The molecule has 0 aliphatic carbocycles. The molecule has 2 aromatic carbocycles. The van der Waals surface area contributed by atoms with E-state index in [0.717, 1.165) is 16.7 Å². The number of nitrogens with zero attached hydrogens (tertiary/aromatic N) is 1. The van der Waals surface area contributed by atoms with Gasteiger partial charge in [-0.05, 0) is 105 Å². The predicted molar refractivity (Wildman–Crippen MR) is 185 cm³/mol. The van der Waals surface area contributed by atoms with Crippen molar-refractivity contribution >= 4 is 29.8 Å². The Balaban J connectivity index is 2.72. The molecule has 0 aliphatic heterocycles. The number of hydrogen-bond acceptors (Lipinski definition) is 7. The molecule has 0 spiro atoms. The van der Waals surface area contributed by atoms with Crippen molar-refractivity contribution < 1.29 is 33.4 Å². The van der Waals surface area contributed by atoms with Gasteiger partial charge in [-0.25, -0.2) is 9.59 Å². The molecule has 3 unspecified atom stereocenters. The lowest BCUT2D eigenvalue weighted by atomic mass is 9.90. The van der Waals surface area contributed by atoms with Crippen LogP contribution in [0, 0.1) is 13.8 Å². The van der Waals surface area contributed by atoms with E-state index in [1.165, 1.54) is 4.90 Å². The number of benzene rings is 2. The molecule has 0 saturated heterocycles. The molecule has 11 heteroatoms. The van der Waals surface area contributed by atoms with Crippen molar-refractivity contribution in [2.75, 3.05) is 0 Å². The molecule has 2 rings (SSSR count). The molecule has 0 aromatic heterocycles. The van der Waals surface area contributed by atoms with Crippen LogP contribution in [-0.4, -0.2) is 63.5 Å². The van der Waals surface area contributed by atoms with E-state index in [4.69, 9.17) is 15.2 Å². The quantitative estimate of drug-likeness (QED) is 0.263. The number of amides is 4. The van der Waals surface area contributed by atoms with Gasteiger partial charge in [0, 0.05) is 18.4 Å². The average molecular weight is 667 g/mol. The van der Waals surface area contributed by atoms with Crippen LogP contribution >= 0.6 is 0 Å². The minimum atomic E-state index is -1.27. The number of rotatable bonds is 12. The first kappa shape index (κ1) is 39.8. The molecule has 0 heterocycles. The third kappa shape index (κ3) is 12.3. The van der Waals surface area contributed by atoms with Gasteiger partial charge in [0.2, 0.25) is 17.7 Å². The topological polar surface area (TPSA) is 157 Å². The zero-order valence-corrected chi connectivity index (χ0v) is 30.4. The van der Waals surface area contributed by atoms with Gasteiger partial charge in [0.25, 0.3) is 0 Å². The number of ether oxygens (including phenoxy) is 2. The number of alkyl carbamates (subject to hydrolysis) is 1. The summed E-state index contributed by atoms with van der Waals surface area (Å²) in [6, 6.07) is 11.1. The summed E-state index contributed by atoms with van der Waals surface area (Å²) < 4.78 is 11.1. The second kappa shape index (κ2) is 16.1. The van der Waals surface area contributed by atoms with Gasteiger partial charge in [-0.15, -0.1) is 0 Å². The Morgan fingerprint density at radius 3 is 1.88 bits per heavy atom. The third-order valence-corrected chi connectivity index (χ3v) is 7.37. The highest BCUT2D eigenvalue weighted by molar-refractivity contribution is 5.95. The maximum Gasteiger partial charge on any atom is 0.408 e. The molecule has 0 aliphatic rings. The Labute approximate surface area is 285 Å². The van der Waals surface area contributed by atoms with Crippen LogP contribution in [0.25, 0.3) is 0 Å². The number of carbonyl (C=O) groups excluding carboxylic acids is 5. The first-order chi connectivity index (χ1) is 22.0. The van der Waals surface area contributed by atoms with Gasteiger partial charge in [0.1, 0.15) is 29.3 Å². The second-order valence-corrected chi connectivity index (χ2v) is 15.1. The van der Waals surface area contributed by atoms with Crippen LogP contribution in [0.5, 0.6) is 0 Å². The summed E-state index contributed by atoms with van der Waals surface area (Å²) in [6.07, 6.45) is -1.05. The molecule has 2 aromatic rings. The van der Waals surface area contributed by atoms with E-state index in [1.54, 1.807) is 74.4 Å². The Bertz CT molecular complexity index is 1450. The highest BCUT2D eigenvalue weighted by atomic mass is 16.6. The number of nitrogens with one attached hydrogen (secondary N) is 2. The SMILES string of the molecule is Cc1cccc(C(C(=O)NC(Cc2ccccc2)C(=O)OC(C)(C)C)N(C(=O)C(CCC(N)=O)NC(=O)OC(C)(C)C)C(C)(C)C)c1C. The molecule has 48 heavy (non-hydrogen) atoms. The molecule has 3 atom stereocenters. The minimum absolute atomic E-state index is 0.129. The van der Waals surface area contributed by atoms with E-state index in [1.807, 2.05) is 50.2 Å². The number of hydrogen-bond donors (Lipinski definition) is 3. The molecular formula is C37H54N4O7. The van der Waals surface area contributed by atoms with Crippen molar-refractivity contribution in [3.8, 4) is 0 Å². The normalized spacial score (nSPS) is 13.8. The van der Waals surface area contributed by atoms with Gasteiger partial charge in [-0.1, -0.05) is 48.5 Å². The molecular weight excluding hydrogens is 612 g/mol. The Morgan fingerprint density at radius 2 is 1.35 bits per heavy atom. The third-order valence-electron chi connectivity index (χ3n) is 7.37. The summed E-state index contributed by atoms with van der Waals surface area (Å²) in [5, 5.41) is 5.51. The van der Waals surface area contributed by atoms with Gasteiger partial charge < -0.3 is 30.7 Å². The van der Waals surface area contributed by atoms with Crippen LogP contribution in [0.4, 0.5) is 4.79 Å². The second-order valence-electron chi connectivity index (χ2n) is 15.1. The maximum atomic E-state index is 14.7. The van der Waals surface area contributed by atoms with Crippen molar-refractivity contribution in [2.24, 2.45) is 5.73 Å². The average Bonchev–Trinajstić information content (AvgIpc) is 2.92. The lowest BCUT2D eigenvalue weighted by Gasteiger charge is -2.43. The number of primary amides is 1. The molecule has 4 N–H and O–H groups in total. The van der Waals surface area contributed by atoms with Gasteiger partial charge in [-0.3, -0.25) is 14.4 Å². The number of esters is 1. The van der Waals surface area contributed by atoms with Crippen molar-refractivity contribution in [2.45, 2.75) is 130 Å². The van der Waals surface area contributed by atoms with Gasteiger partial charge in [-0.2, -0.15) is 0 Å². The van der Waals surface area contributed by atoms with Gasteiger partial charge >= 0.3 is 12.1 Å². The van der Waals surface area contributed by atoms with Crippen LogP contribution in [-0.2, 0) is 35.1 Å². The van der Waals surface area contributed by atoms with Crippen LogP contribution in [0.1, 0.15) is 103 Å². The zero-order valence-electron chi connectivity index (χ0n) is 30.4. The van der Waals surface area contributed by atoms with Crippen LogP contribution < -0.4 is 16.4 Å². The van der Waals surface area contributed by atoms with Gasteiger partial charge in [0.15, 0.2) is 0 Å². The van der Waals surface area contributed by atoms with E-state index in [2.05, 4.69) is 10.6 Å². The van der Waals surface area contributed by atoms with E-state index in [0.29, 0.717) is 5.56 Å². The van der Waals surface area contributed by atoms with E-state index in [9.17, 15) is 24.0 Å². The molecule has 0 radical (unpaired) electrons. The standard InChI is InChI=1S/C37H54N4O7/c1-23-16-15-19-26(24(23)2)30(31(43)39-28(33(45)47-36(6,7)8)22-25-17-13-12-14-18-25)41(35(3,4)5)32(44)27(20-21-29(38)42)40-34(46)48-37(9,10)11/h12-19,27-28,30H,20-22H2,1-11H3,(H2,38,42)(H,39,43)(H,40,46). The first-order valence-electron chi connectivity index (χ1n) is 16.2. The Hall–Kier alpha value is -4.41.